The van der Waals surface area contributed by atoms with Gasteiger partial charge in [-0.1, -0.05) is 17.7 Å². The van der Waals surface area contributed by atoms with E-state index in [0.717, 1.165) is 5.69 Å². The van der Waals surface area contributed by atoms with E-state index in [4.69, 9.17) is 16.3 Å². The van der Waals surface area contributed by atoms with Gasteiger partial charge in [0.1, 0.15) is 5.75 Å². The van der Waals surface area contributed by atoms with Gasteiger partial charge in [-0.05, 0) is 36.4 Å². The van der Waals surface area contributed by atoms with Crippen molar-refractivity contribution in [3.8, 4) is 5.75 Å². The van der Waals surface area contributed by atoms with Crippen LogP contribution in [-0.2, 0) is 9.59 Å². The summed E-state index contributed by atoms with van der Waals surface area (Å²) in [6.45, 7) is 0.357. The molecule has 0 saturated carbocycles. The molecule has 2 aromatic carbocycles. The van der Waals surface area contributed by atoms with Crippen LogP contribution in [0.4, 0.5) is 11.4 Å². The molecule has 1 aliphatic rings. The van der Waals surface area contributed by atoms with E-state index in [1.165, 1.54) is 0 Å². The molecule has 3 rings (SSSR count). The van der Waals surface area contributed by atoms with E-state index in [2.05, 4.69) is 5.32 Å². The van der Waals surface area contributed by atoms with Crippen LogP contribution in [0.25, 0.3) is 0 Å². The third kappa shape index (κ3) is 3.51. The van der Waals surface area contributed by atoms with Gasteiger partial charge in [0.2, 0.25) is 11.8 Å². The van der Waals surface area contributed by atoms with Gasteiger partial charge in [0.25, 0.3) is 0 Å². The lowest BCUT2D eigenvalue weighted by Crippen LogP contribution is -2.28. The van der Waals surface area contributed by atoms with Crippen LogP contribution < -0.4 is 15.0 Å². The summed E-state index contributed by atoms with van der Waals surface area (Å²) in [6, 6.07) is 14.2. The molecular formula is C18H17ClN2O3. The molecule has 24 heavy (non-hydrogen) atoms. The largest absolute Gasteiger partial charge is 0.497 e. The summed E-state index contributed by atoms with van der Waals surface area (Å²) >= 11 is 5.87. The van der Waals surface area contributed by atoms with Gasteiger partial charge in [0.15, 0.2) is 0 Å². The molecule has 6 heteroatoms. The summed E-state index contributed by atoms with van der Waals surface area (Å²) in [5.74, 6) is 0.0358. The summed E-state index contributed by atoms with van der Waals surface area (Å²) < 4.78 is 5.14. The Hall–Kier alpha value is -2.53. The minimum atomic E-state index is -0.389. The Kier molecular flexibility index (Phi) is 4.71. The third-order valence-corrected chi connectivity index (χ3v) is 4.22. The zero-order valence-corrected chi connectivity index (χ0v) is 13.9. The number of anilines is 2. The van der Waals surface area contributed by atoms with Crippen molar-refractivity contribution in [3.63, 3.8) is 0 Å². The van der Waals surface area contributed by atoms with E-state index < -0.39 is 0 Å². The van der Waals surface area contributed by atoms with E-state index in [9.17, 15) is 9.59 Å². The van der Waals surface area contributed by atoms with E-state index in [1.54, 1.807) is 60.5 Å². The van der Waals surface area contributed by atoms with Gasteiger partial charge >= 0.3 is 0 Å². The fraction of sp³-hybridized carbons (Fsp3) is 0.222. The molecule has 0 unspecified atom stereocenters. The highest BCUT2D eigenvalue weighted by molar-refractivity contribution is 6.30. The first-order valence-electron chi connectivity index (χ1n) is 7.57. The van der Waals surface area contributed by atoms with Crippen molar-refractivity contribution in [2.75, 3.05) is 23.9 Å². The highest BCUT2D eigenvalue weighted by Crippen LogP contribution is 2.27. The van der Waals surface area contributed by atoms with Crippen molar-refractivity contribution < 1.29 is 14.3 Å². The standard InChI is InChI=1S/C18H17ClN2O3/c1-24-16-4-2-3-14(10-16)20-18(23)12-9-17(22)21(11-12)15-7-5-13(19)6-8-15/h2-8,10,12H,9,11H2,1H3,(H,20,23)/t12-/m1/s1. The predicted molar refractivity (Wildman–Crippen MR) is 93.5 cm³/mol. The lowest BCUT2D eigenvalue weighted by atomic mass is 10.1. The third-order valence-electron chi connectivity index (χ3n) is 3.97. The molecule has 0 aromatic heterocycles. The Bertz CT molecular complexity index is 761. The van der Waals surface area contributed by atoms with Crippen LogP contribution in [0, 0.1) is 5.92 Å². The number of benzene rings is 2. The number of nitrogens with one attached hydrogen (secondary N) is 1. The molecule has 1 heterocycles. The number of halogens is 1. The second-order valence-corrected chi connectivity index (χ2v) is 6.04. The smallest absolute Gasteiger partial charge is 0.229 e. The predicted octanol–water partition coefficient (Wildman–Crippen LogP) is 3.34. The number of hydrogen-bond donors (Lipinski definition) is 1. The number of rotatable bonds is 4. The number of amides is 2. The number of nitrogens with zero attached hydrogens (tertiary/aromatic N) is 1. The molecule has 1 aliphatic heterocycles. The summed E-state index contributed by atoms with van der Waals surface area (Å²) in [7, 11) is 1.57. The fourth-order valence-electron chi connectivity index (χ4n) is 2.70. The zero-order chi connectivity index (χ0) is 17.1. The Labute approximate surface area is 145 Å². The second-order valence-electron chi connectivity index (χ2n) is 5.60. The Morgan fingerprint density at radius 3 is 2.71 bits per heavy atom. The molecule has 1 N–H and O–H groups in total. The minimum Gasteiger partial charge on any atom is -0.497 e. The maximum atomic E-state index is 12.4. The van der Waals surface area contributed by atoms with Crippen molar-refractivity contribution in [1.82, 2.24) is 0 Å². The van der Waals surface area contributed by atoms with Crippen molar-refractivity contribution in [3.05, 3.63) is 53.6 Å². The molecule has 1 fully saturated rings. The highest BCUT2D eigenvalue weighted by atomic mass is 35.5. The van der Waals surface area contributed by atoms with Crippen LogP contribution in [0.15, 0.2) is 48.5 Å². The molecular weight excluding hydrogens is 328 g/mol. The fourth-order valence-corrected chi connectivity index (χ4v) is 2.82. The lowest BCUT2D eigenvalue weighted by molar-refractivity contribution is -0.122. The Balaban J connectivity index is 1.68. The number of ether oxygens (including phenoxy) is 1. The van der Waals surface area contributed by atoms with Crippen molar-refractivity contribution in [2.24, 2.45) is 5.92 Å². The van der Waals surface area contributed by atoms with Crippen molar-refractivity contribution in [2.45, 2.75) is 6.42 Å². The molecule has 5 nitrogen and oxygen atoms in total. The molecule has 0 spiro atoms. The zero-order valence-electron chi connectivity index (χ0n) is 13.2. The van der Waals surface area contributed by atoms with Gasteiger partial charge in [0, 0.05) is 35.4 Å². The van der Waals surface area contributed by atoms with Crippen LogP contribution in [0.2, 0.25) is 5.02 Å². The Morgan fingerprint density at radius 2 is 2.00 bits per heavy atom. The van der Waals surface area contributed by atoms with Crippen LogP contribution in [0.1, 0.15) is 6.42 Å². The van der Waals surface area contributed by atoms with E-state index in [0.29, 0.717) is 23.0 Å². The van der Waals surface area contributed by atoms with E-state index in [-0.39, 0.29) is 24.2 Å². The quantitative estimate of drug-likeness (QED) is 0.925. The number of carbonyl (C=O) groups excluding carboxylic acids is 2. The molecule has 1 atom stereocenters. The molecule has 0 radical (unpaired) electrons. The van der Waals surface area contributed by atoms with E-state index >= 15 is 0 Å². The van der Waals surface area contributed by atoms with Gasteiger partial charge in [-0.2, -0.15) is 0 Å². The van der Waals surface area contributed by atoms with Gasteiger partial charge in [-0.25, -0.2) is 0 Å². The summed E-state index contributed by atoms with van der Waals surface area (Å²) in [5, 5.41) is 3.45. The van der Waals surface area contributed by atoms with Crippen LogP contribution in [-0.4, -0.2) is 25.5 Å². The molecule has 0 bridgehead atoms. The second kappa shape index (κ2) is 6.93. The topological polar surface area (TPSA) is 58.6 Å². The molecule has 2 aromatic rings. The SMILES string of the molecule is COc1cccc(NC(=O)[C@@H]2CC(=O)N(c3ccc(Cl)cc3)C2)c1. The lowest BCUT2D eigenvalue weighted by Gasteiger charge is -2.17. The first kappa shape index (κ1) is 16.3. The van der Waals surface area contributed by atoms with Crippen molar-refractivity contribution >= 4 is 34.8 Å². The average molecular weight is 345 g/mol. The Morgan fingerprint density at radius 1 is 1.25 bits per heavy atom. The highest BCUT2D eigenvalue weighted by Gasteiger charge is 2.35. The maximum Gasteiger partial charge on any atom is 0.229 e. The summed E-state index contributed by atoms with van der Waals surface area (Å²) in [4.78, 5) is 26.3. The molecule has 2 amide bonds. The molecule has 124 valence electrons. The van der Waals surface area contributed by atoms with Gasteiger partial charge < -0.3 is 15.0 Å². The molecule has 1 saturated heterocycles. The summed E-state index contributed by atoms with van der Waals surface area (Å²) in [6.07, 6.45) is 0.193. The maximum absolute atomic E-state index is 12.4. The monoisotopic (exact) mass is 344 g/mol. The van der Waals surface area contributed by atoms with Crippen LogP contribution in [0.5, 0.6) is 5.75 Å². The van der Waals surface area contributed by atoms with Gasteiger partial charge in [0.05, 0.1) is 13.0 Å². The minimum absolute atomic E-state index is 0.0666. The average Bonchev–Trinajstić information content (AvgIpc) is 2.98. The van der Waals surface area contributed by atoms with Crippen molar-refractivity contribution in [1.29, 1.82) is 0 Å². The first-order chi connectivity index (χ1) is 11.6. The first-order valence-corrected chi connectivity index (χ1v) is 7.95. The van der Waals surface area contributed by atoms with Gasteiger partial charge in [-0.3, -0.25) is 9.59 Å². The number of carbonyl (C=O) groups is 2. The van der Waals surface area contributed by atoms with Crippen LogP contribution in [0.3, 0.4) is 0 Å². The number of methoxy groups -OCH3 is 1. The molecule has 0 aliphatic carbocycles. The normalized spacial score (nSPS) is 17.0. The van der Waals surface area contributed by atoms with Gasteiger partial charge in [-0.15, -0.1) is 0 Å². The summed E-state index contributed by atoms with van der Waals surface area (Å²) in [5.41, 5.74) is 1.40. The number of hydrogen-bond acceptors (Lipinski definition) is 3. The van der Waals surface area contributed by atoms with Crippen LogP contribution >= 0.6 is 11.6 Å². The van der Waals surface area contributed by atoms with E-state index in [1.807, 2.05) is 0 Å².